The molecule has 4 nitrogen and oxygen atoms in total. The molecule has 2 aliphatic heterocycles. The molecular weight excluding hydrogens is 228 g/mol. The molecule has 0 bridgehead atoms. The maximum atomic E-state index is 12.3. The summed E-state index contributed by atoms with van der Waals surface area (Å²) in [5, 5.41) is 0. The quantitative estimate of drug-likeness (QED) is 0.769. The number of hydrogen-bond acceptors (Lipinski definition) is 3. The van der Waals surface area contributed by atoms with E-state index in [1.54, 1.807) is 0 Å². The van der Waals surface area contributed by atoms with Gasteiger partial charge in [0.2, 0.25) is 5.91 Å². The number of ether oxygens (including phenoxy) is 1. The summed E-state index contributed by atoms with van der Waals surface area (Å²) < 4.78 is 6.19. The van der Waals surface area contributed by atoms with E-state index >= 15 is 0 Å². The highest BCUT2D eigenvalue weighted by Gasteiger charge is 2.58. The number of carbonyl (C=O) groups is 1. The maximum absolute atomic E-state index is 12.3. The number of piperidine rings is 1. The largest absolute Gasteiger partial charge is 0.353 e. The Morgan fingerprint density at radius 1 is 1.44 bits per heavy atom. The standard InChI is InChI=1S/C14H24N2O2/c1-9(2)12-8-18-14-6-5-11(15)7-10(14)3-4-13(17)16(12)14/h9-12H,3-8,15H2,1-2H3/t10-,11-,12-,14-/m1/s1. The first-order chi connectivity index (χ1) is 8.54. The normalized spacial score (nSPS) is 44.1. The molecule has 0 unspecified atom stereocenters. The highest BCUT2D eigenvalue weighted by atomic mass is 16.5. The Morgan fingerprint density at radius 2 is 2.22 bits per heavy atom. The summed E-state index contributed by atoms with van der Waals surface area (Å²) >= 11 is 0. The van der Waals surface area contributed by atoms with Gasteiger partial charge in [-0.2, -0.15) is 0 Å². The van der Waals surface area contributed by atoms with Gasteiger partial charge in [0, 0.05) is 18.4 Å². The molecule has 1 saturated carbocycles. The summed E-state index contributed by atoms with van der Waals surface area (Å²) in [7, 11) is 0. The van der Waals surface area contributed by atoms with Crippen molar-refractivity contribution in [1.29, 1.82) is 0 Å². The Balaban J connectivity index is 1.93. The molecule has 2 heterocycles. The van der Waals surface area contributed by atoms with Gasteiger partial charge in [0.05, 0.1) is 12.6 Å². The highest BCUT2D eigenvalue weighted by molar-refractivity contribution is 5.78. The first-order valence-corrected chi connectivity index (χ1v) is 7.26. The number of nitrogens with zero attached hydrogens (tertiary/aromatic N) is 1. The molecule has 1 amide bonds. The predicted molar refractivity (Wildman–Crippen MR) is 68.7 cm³/mol. The average Bonchev–Trinajstić information content (AvgIpc) is 2.71. The zero-order valence-electron chi connectivity index (χ0n) is 11.4. The second kappa shape index (κ2) is 4.20. The van der Waals surface area contributed by atoms with E-state index in [4.69, 9.17) is 10.5 Å². The van der Waals surface area contributed by atoms with E-state index in [1.165, 1.54) is 0 Å². The average molecular weight is 252 g/mol. The number of hydrogen-bond donors (Lipinski definition) is 1. The second-order valence-corrected chi connectivity index (χ2v) is 6.50. The Labute approximate surface area is 109 Å². The van der Waals surface area contributed by atoms with Crippen LogP contribution in [0.5, 0.6) is 0 Å². The zero-order chi connectivity index (χ0) is 12.9. The third-order valence-corrected chi connectivity index (χ3v) is 5.09. The molecule has 3 aliphatic rings. The van der Waals surface area contributed by atoms with E-state index in [9.17, 15) is 4.79 Å². The lowest BCUT2D eigenvalue weighted by Gasteiger charge is -2.52. The molecule has 2 N–H and O–H groups in total. The Hall–Kier alpha value is -0.610. The molecule has 0 aromatic rings. The fourth-order valence-corrected chi connectivity index (χ4v) is 4.07. The SMILES string of the molecule is CC(C)[C@H]1CO[C@]23CC[C@@H](N)C[C@H]2CCC(=O)N13. The van der Waals surface area contributed by atoms with Crippen molar-refractivity contribution in [2.75, 3.05) is 6.61 Å². The topological polar surface area (TPSA) is 55.6 Å². The van der Waals surface area contributed by atoms with Gasteiger partial charge in [0.1, 0.15) is 5.72 Å². The van der Waals surface area contributed by atoms with Crippen molar-refractivity contribution in [3.8, 4) is 0 Å². The molecule has 4 atom stereocenters. The Bertz CT molecular complexity index is 358. The molecule has 0 radical (unpaired) electrons. The molecule has 0 aromatic carbocycles. The molecule has 18 heavy (non-hydrogen) atoms. The van der Waals surface area contributed by atoms with Crippen molar-refractivity contribution in [2.24, 2.45) is 17.6 Å². The lowest BCUT2D eigenvalue weighted by Crippen LogP contribution is -2.62. The van der Waals surface area contributed by atoms with Crippen LogP contribution in [-0.4, -0.2) is 35.2 Å². The van der Waals surface area contributed by atoms with Crippen LogP contribution in [-0.2, 0) is 9.53 Å². The van der Waals surface area contributed by atoms with Crippen LogP contribution in [0.15, 0.2) is 0 Å². The van der Waals surface area contributed by atoms with Crippen LogP contribution in [0.25, 0.3) is 0 Å². The van der Waals surface area contributed by atoms with Gasteiger partial charge in [-0.05, 0) is 31.6 Å². The molecule has 1 aliphatic carbocycles. The minimum Gasteiger partial charge on any atom is -0.353 e. The molecule has 3 fully saturated rings. The van der Waals surface area contributed by atoms with Crippen molar-refractivity contribution in [2.45, 2.75) is 63.8 Å². The first kappa shape index (κ1) is 12.4. The van der Waals surface area contributed by atoms with Gasteiger partial charge in [-0.1, -0.05) is 13.8 Å². The van der Waals surface area contributed by atoms with Gasteiger partial charge in [0.25, 0.3) is 0 Å². The van der Waals surface area contributed by atoms with Gasteiger partial charge >= 0.3 is 0 Å². The van der Waals surface area contributed by atoms with Gasteiger partial charge in [-0.25, -0.2) is 0 Å². The summed E-state index contributed by atoms with van der Waals surface area (Å²) in [6, 6.07) is 0.548. The van der Waals surface area contributed by atoms with E-state index in [1.807, 2.05) is 0 Å². The first-order valence-electron chi connectivity index (χ1n) is 7.26. The van der Waals surface area contributed by atoms with E-state index in [-0.39, 0.29) is 23.7 Å². The maximum Gasteiger partial charge on any atom is 0.225 e. The fraction of sp³-hybridized carbons (Fsp3) is 0.929. The minimum atomic E-state index is -0.305. The van der Waals surface area contributed by atoms with Crippen LogP contribution < -0.4 is 5.73 Å². The molecular formula is C14H24N2O2. The van der Waals surface area contributed by atoms with Crippen LogP contribution in [0.1, 0.15) is 46.0 Å². The number of nitrogens with two attached hydrogens (primary N) is 1. The fourth-order valence-electron chi connectivity index (χ4n) is 4.07. The van der Waals surface area contributed by atoms with Crippen molar-refractivity contribution in [3.63, 3.8) is 0 Å². The number of carbonyl (C=O) groups excluding carboxylic acids is 1. The van der Waals surface area contributed by atoms with Gasteiger partial charge < -0.3 is 15.4 Å². The monoisotopic (exact) mass is 252 g/mol. The lowest BCUT2D eigenvalue weighted by atomic mass is 9.73. The smallest absolute Gasteiger partial charge is 0.225 e. The van der Waals surface area contributed by atoms with Crippen molar-refractivity contribution < 1.29 is 9.53 Å². The highest BCUT2D eigenvalue weighted by Crippen LogP contribution is 2.49. The molecule has 3 rings (SSSR count). The molecule has 4 heteroatoms. The number of rotatable bonds is 1. The Morgan fingerprint density at radius 3 is 2.94 bits per heavy atom. The summed E-state index contributed by atoms with van der Waals surface area (Å²) in [6.07, 6.45) is 4.53. The van der Waals surface area contributed by atoms with Gasteiger partial charge in [0.15, 0.2) is 0 Å². The third-order valence-electron chi connectivity index (χ3n) is 5.09. The van der Waals surface area contributed by atoms with Gasteiger partial charge in [-0.3, -0.25) is 4.79 Å². The van der Waals surface area contributed by atoms with Crippen molar-refractivity contribution in [3.05, 3.63) is 0 Å². The van der Waals surface area contributed by atoms with Crippen LogP contribution in [0.3, 0.4) is 0 Å². The van der Waals surface area contributed by atoms with E-state index in [0.29, 0.717) is 24.9 Å². The van der Waals surface area contributed by atoms with Crippen LogP contribution in [0.4, 0.5) is 0 Å². The summed E-state index contributed by atoms with van der Waals surface area (Å²) in [5.41, 5.74) is 5.79. The lowest BCUT2D eigenvalue weighted by molar-refractivity contribution is -0.187. The summed E-state index contributed by atoms with van der Waals surface area (Å²) in [4.78, 5) is 14.4. The van der Waals surface area contributed by atoms with Crippen molar-refractivity contribution in [1.82, 2.24) is 4.90 Å². The van der Waals surface area contributed by atoms with Crippen LogP contribution >= 0.6 is 0 Å². The summed E-state index contributed by atoms with van der Waals surface area (Å²) in [5.74, 6) is 1.20. The van der Waals surface area contributed by atoms with Gasteiger partial charge in [-0.15, -0.1) is 0 Å². The third kappa shape index (κ3) is 1.62. The number of amides is 1. The second-order valence-electron chi connectivity index (χ2n) is 6.50. The molecule has 0 aromatic heterocycles. The predicted octanol–water partition coefficient (Wildman–Crippen LogP) is 1.49. The van der Waals surface area contributed by atoms with E-state index in [0.717, 1.165) is 25.7 Å². The molecule has 1 spiro atoms. The van der Waals surface area contributed by atoms with Crippen LogP contribution in [0, 0.1) is 11.8 Å². The molecule has 2 saturated heterocycles. The van der Waals surface area contributed by atoms with Crippen molar-refractivity contribution >= 4 is 5.91 Å². The van der Waals surface area contributed by atoms with E-state index in [2.05, 4.69) is 18.7 Å². The Kier molecular flexibility index (Phi) is 2.90. The minimum absolute atomic E-state index is 0.259. The van der Waals surface area contributed by atoms with E-state index < -0.39 is 0 Å². The van der Waals surface area contributed by atoms with Crippen LogP contribution in [0.2, 0.25) is 0 Å². The molecule has 102 valence electrons. The summed E-state index contributed by atoms with van der Waals surface area (Å²) in [6.45, 7) is 5.06. The zero-order valence-corrected chi connectivity index (χ0v) is 11.4.